The maximum atomic E-state index is 8.26. The topological polar surface area (TPSA) is 74.7 Å². The fraction of sp³-hybridized carbons (Fsp3) is 0.625. The normalized spacial score (nSPS) is 9.77. The zero-order valence-corrected chi connectivity index (χ0v) is 7.36. The summed E-state index contributed by atoms with van der Waals surface area (Å²) in [5, 5.41) is 14.9. The molecule has 1 rings (SSSR count). The van der Waals surface area contributed by atoms with Crippen molar-refractivity contribution in [3.05, 3.63) is 12.2 Å². The van der Waals surface area contributed by atoms with E-state index in [-0.39, 0.29) is 0 Å². The summed E-state index contributed by atoms with van der Waals surface area (Å²) in [5.41, 5.74) is 0. The van der Waals surface area contributed by atoms with E-state index in [0.29, 0.717) is 12.3 Å². The lowest BCUT2D eigenvalue weighted by Gasteiger charge is -1.98. The van der Waals surface area contributed by atoms with Crippen molar-refractivity contribution in [2.45, 2.75) is 19.3 Å². The molecule has 1 N–H and O–H groups in total. The Morgan fingerprint density at radius 2 is 2.46 bits per heavy atom. The monoisotopic (exact) mass is 180 g/mol. The van der Waals surface area contributed by atoms with Crippen LogP contribution in [0.4, 0.5) is 0 Å². The summed E-state index contributed by atoms with van der Waals surface area (Å²) in [4.78, 5) is 3.88. The van der Waals surface area contributed by atoms with Crippen LogP contribution in [0.5, 0.6) is 0 Å². The Morgan fingerprint density at radius 1 is 1.54 bits per heavy atom. The lowest BCUT2D eigenvalue weighted by Crippen LogP contribution is -2.18. The Kier molecular flexibility index (Phi) is 4.57. The molecule has 0 aliphatic rings. The third-order valence-electron chi connectivity index (χ3n) is 1.56. The molecule has 0 saturated carbocycles. The number of unbranched alkanes of at least 4 members (excludes halogenated alkanes) is 1. The molecule has 0 radical (unpaired) electrons. The summed E-state index contributed by atoms with van der Waals surface area (Å²) in [6.45, 7) is 1.68. The molecule has 0 aromatic carbocycles. The van der Waals surface area contributed by atoms with Gasteiger partial charge in [0.25, 0.3) is 0 Å². The summed E-state index contributed by atoms with van der Waals surface area (Å²) in [7, 11) is 0. The average molecular weight is 180 g/mol. The highest BCUT2D eigenvalue weighted by atomic mass is 16.5. The van der Waals surface area contributed by atoms with Gasteiger partial charge in [0.15, 0.2) is 6.33 Å². The van der Waals surface area contributed by atoms with Crippen LogP contribution in [0.1, 0.15) is 18.7 Å². The van der Waals surface area contributed by atoms with Crippen LogP contribution in [-0.2, 0) is 6.42 Å². The second-order valence-corrected chi connectivity index (χ2v) is 2.60. The number of hydrogen-bond donors (Lipinski definition) is 1. The molecule has 13 heavy (non-hydrogen) atoms. The van der Waals surface area contributed by atoms with Crippen molar-refractivity contribution in [3.8, 4) is 6.07 Å². The smallest absolute Gasteiger partial charge is 0.227 e. The van der Waals surface area contributed by atoms with Crippen LogP contribution in [0.25, 0.3) is 0 Å². The molecule has 0 amide bonds. The lowest BCUT2D eigenvalue weighted by atomic mass is 10.3. The van der Waals surface area contributed by atoms with Crippen LogP contribution in [0.15, 0.2) is 10.9 Å². The predicted octanol–water partition coefficient (Wildman–Crippen LogP) is 0.505. The summed E-state index contributed by atoms with van der Waals surface area (Å²) in [6, 6.07) is 2.09. The van der Waals surface area contributed by atoms with Gasteiger partial charge in [-0.3, -0.25) is 0 Å². The Bertz CT molecular complexity index is 252. The van der Waals surface area contributed by atoms with Crippen molar-refractivity contribution in [2.75, 3.05) is 13.1 Å². The lowest BCUT2D eigenvalue weighted by molar-refractivity contribution is 0.375. The minimum Gasteiger partial charge on any atom is -0.340 e. The summed E-state index contributed by atoms with van der Waals surface area (Å²) >= 11 is 0. The molecule has 0 saturated heterocycles. The summed E-state index contributed by atoms with van der Waals surface area (Å²) in [5.74, 6) is 0.646. The molecular weight excluding hydrogens is 168 g/mol. The standard InChI is InChI=1S/C8H12N4O/c9-4-1-2-5-10-6-3-8-11-7-12-13-8/h7,10H,1-3,5-6H2. The molecule has 0 bridgehead atoms. The number of aromatic nitrogens is 2. The van der Waals surface area contributed by atoms with Gasteiger partial charge in [-0.2, -0.15) is 10.2 Å². The maximum Gasteiger partial charge on any atom is 0.227 e. The first kappa shape index (κ1) is 9.68. The number of nitrogens with zero attached hydrogens (tertiary/aromatic N) is 3. The third kappa shape index (κ3) is 4.23. The SMILES string of the molecule is N#CCCCNCCc1ncno1. The summed E-state index contributed by atoms with van der Waals surface area (Å²) in [6.07, 6.45) is 3.63. The molecule has 70 valence electrons. The van der Waals surface area contributed by atoms with Gasteiger partial charge in [-0.15, -0.1) is 0 Å². The Hall–Kier alpha value is -1.41. The molecule has 1 heterocycles. The van der Waals surface area contributed by atoms with Crippen LogP contribution < -0.4 is 5.32 Å². The fourth-order valence-electron chi connectivity index (χ4n) is 0.919. The molecule has 1 aromatic rings. The van der Waals surface area contributed by atoms with Gasteiger partial charge < -0.3 is 9.84 Å². The van der Waals surface area contributed by atoms with Gasteiger partial charge >= 0.3 is 0 Å². The van der Waals surface area contributed by atoms with E-state index >= 15 is 0 Å². The van der Waals surface area contributed by atoms with E-state index in [0.717, 1.165) is 25.9 Å². The number of nitriles is 1. The number of nitrogens with one attached hydrogen (secondary N) is 1. The highest BCUT2D eigenvalue weighted by Gasteiger charge is 1.96. The molecule has 0 fully saturated rings. The minimum absolute atomic E-state index is 0.605. The van der Waals surface area contributed by atoms with E-state index in [2.05, 4.69) is 21.5 Å². The maximum absolute atomic E-state index is 8.26. The second kappa shape index (κ2) is 6.14. The van der Waals surface area contributed by atoms with Crippen molar-refractivity contribution >= 4 is 0 Å². The quantitative estimate of drug-likeness (QED) is 0.645. The van der Waals surface area contributed by atoms with Gasteiger partial charge in [-0.1, -0.05) is 5.16 Å². The van der Waals surface area contributed by atoms with Crippen molar-refractivity contribution in [2.24, 2.45) is 0 Å². The zero-order chi connectivity index (χ0) is 9.36. The van der Waals surface area contributed by atoms with Crippen LogP contribution in [0.2, 0.25) is 0 Å². The van der Waals surface area contributed by atoms with Gasteiger partial charge in [0, 0.05) is 19.4 Å². The highest BCUT2D eigenvalue weighted by Crippen LogP contribution is 1.90. The van der Waals surface area contributed by atoms with Gasteiger partial charge in [0.05, 0.1) is 6.07 Å². The van der Waals surface area contributed by atoms with Crippen LogP contribution in [0, 0.1) is 11.3 Å². The van der Waals surface area contributed by atoms with Crippen molar-refractivity contribution in [3.63, 3.8) is 0 Å². The molecule has 0 aliphatic carbocycles. The van der Waals surface area contributed by atoms with Crippen molar-refractivity contribution in [1.82, 2.24) is 15.5 Å². The van der Waals surface area contributed by atoms with Gasteiger partial charge in [0.1, 0.15) is 0 Å². The Morgan fingerprint density at radius 3 is 3.15 bits per heavy atom. The number of rotatable bonds is 6. The molecule has 5 heteroatoms. The van der Waals surface area contributed by atoms with E-state index in [1.807, 2.05) is 0 Å². The third-order valence-corrected chi connectivity index (χ3v) is 1.56. The largest absolute Gasteiger partial charge is 0.340 e. The molecule has 0 unspecified atom stereocenters. The molecule has 1 aromatic heterocycles. The summed E-state index contributed by atoms with van der Waals surface area (Å²) < 4.78 is 4.81. The first-order valence-electron chi connectivity index (χ1n) is 4.26. The van der Waals surface area contributed by atoms with E-state index in [1.165, 1.54) is 6.33 Å². The molecule has 5 nitrogen and oxygen atoms in total. The minimum atomic E-state index is 0.605. The van der Waals surface area contributed by atoms with E-state index in [4.69, 9.17) is 9.78 Å². The van der Waals surface area contributed by atoms with Crippen LogP contribution >= 0.6 is 0 Å². The molecule has 0 aliphatic heterocycles. The van der Waals surface area contributed by atoms with E-state index in [9.17, 15) is 0 Å². The molecule has 0 spiro atoms. The van der Waals surface area contributed by atoms with Crippen LogP contribution in [-0.4, -0.2) is 23.2 Å². The second-order valence-electron chi connectivity index (χ2n) is 2.60. The van der Waals surface area contributed by atoms with Crippen LogP contribution in [0.3, 0.4) is 0 Å². The Labute approximate surface area is 76.7 Å². The average Bonchev–Trinajstić information content (AvgIpc) is 2.63. The van der Waals surface area contributed by atoms with Gasteiger partial charge in [0.2, 0.25) is 5.89 Å². The van der Waals surface area contributed by atoms with E-state index in [1.54, 1.807) is 0 Å². The molecular formula is C8H12N4O. The van der Waals surface area contributed by atoms with Gasteiger partial charge in [-0.05, 0) is 13.0 Å². The number of hydrogen-bond acceptors (Lipinski definition) is 5. The fourth-order valence-corrected chi connectivity index (χ4v) is 0.919. The first-order valence-corrected chi connectivity index (χ1v) is 4.26. The van der Waals surface area contributed by atoms with Crippen molar-refractivity contribution < 1.29 is 4.52 Å². The zero-order valence-electron chi connectivity index (χ0n) is 7.36. The van der Waals surface area contributed by atoms with Crippen molar-refractivity contribution in [1.29, 1.82) is 5.26 Å². The Balaban J connectivity index is 1.94. The molecule has 0 atom stereocenters. The highest BCUT2D eigenvalue weighted by molar-refractivity contribution is 4.75. The first-order chi connectivity index (χ1) is 6.43. The van der Waals surface area contributed by atoms with Gasteiger partial charge in [-0.25, -0.2) is 0 Å². The predicted molar refractivity (Wildman–Crippen MR) is 45.7 cm³/mol. The van der Waals surface area contributed by atoms with E-state index < -0.39 is 0 Å².